The van der Waals surface area contributed by atoms with E-state index in [0.717, 1.165) is 9.77 Å². The smallest absolute Gasteiger partial charge is 0.147 e. The number of benzene rings is 1. The Morgan fingerprint density at radius 2 is 1.88 bits per heavy atom. The molecule has 82 valence electrons. The fourth-order valence-corrected chi connectivity index (χ4v) is 1.79. The Morgan fingerprint density at radius 1 is 1.19 bits per heavy atom. The zero-order chi connectivity index (χ0) is 11.5. The van der Waals surface area contributed by atoms with E-state index in [2.05, 4.69) is 27.6 Å². The van der Waals surface area contributed by atoms with Gasteiger partial charge in [-0.2, -0.15) is 0 Å². The molecular formula is C12H9FINO. The minimum atomic E-state index is -0.944. The number of aliphatic hydroxyl groups is 1. The van der Waals surface area contributed by atoms with Crippen molar-refractivity contribution >= 4 is 22.6 Å². The first kappa shape index (κ1) is 11.5. The maximum absolute atomic E-state index is 13.4. The number of pyridine rings is 1. The van der Waals surface area contributed by atoms with E-state index in [1.807, 2.05) is 12.1 Å². The van der Waals surface area contributed by atoms with E-state index in [0.29, 0.717) is 5.56 Å². The molecule has 0 radical (unpaired) electrons. The molecule has 0 amide bonds. The van der Waals surface area contributed by atoms with Crippen LogP contribution in [0.3, 0.4) is 0 Å². The summed E-state index contributed by atoms with van der Waals surface area (Å²) in [6, 6.07) is 8.80. The first-order valence-electron chi connectivity index (χ1n) is 4.71. The molecule has 2 aromatic rings. The van der Waals surface area contributed by atoms with Gasteiger partial charge in [0.25, 0.3) is 0 Å². The molecule has 16 heavy (non-hydrogen) atoms. The summed E-state index contributed by atoms with van der Waals surface area (Å²) in [6.07, 6.45) is 1.62. The molecule has 0 saturated carbocycles. The lowest BCUT2D eigenvalue weighted by Gasteiger charge is -2.11. The predicted octanol–water partition coefficient (Wildman–Crippen LogP) is 2.91. The van der Waals surface area contributed by atoms with Crippen LogP contribution in [0.25, 0.3) is 0 Å². The quantitative estimate of drug-likeness (QED) is 0.860. The van der Waals surface area contributed by atoms with Gasteiger partial charge in [0.15, 0.2) is 0 Å². The van der Waals surface area contributed by atoms with Crippen LogP contribution >= 0.6 is 22.6 Å². The molecule has 1 aromatic heterocycles. The van der Waals surface area contributed by atoms with E-state index in [1.54, 1.807) is 12.1 Å². The van der Waals surface area contributed by atoms with Gasteiger partial charge in [-0.3, -0.25) is 4.98 Å². The number of halogens is 2. The summed E-state index contributed by atoms with van der Waals surface area (Å²) in [4.78, 5) is 3.65. The van der Waals surface area contributed by atoms with Gasteiger partial charge in [-0.15, -0.1) is 0 Å². The van der Waals surface area contributed by atoms with Gasteiger partial charge in [-0.1, -0.05) is 12.1 Å². The number of aliphatic hydroxyl groups excluding tert-OH is 1. The van der Waals surface area contributed by atoms with E-state index in [-0.39, 0.29) is 5.56 Å². The highest BCUT2D eigenvalue weighted by Crippen LogP contribution is 2.23. The molecule has 0 aliphatic heterocycles. The van der Waals surface area contributed by atoms with Crippen LogP contribution in [0.1, 0.15) is 17.2 Å². The predicted molar refractivity (Wildman–Crippen MR) is 67.4 cm³/mol. The summed E-state index contributed by atoms with van der Waals surface area (Å²) in [5.41, 5.74) is 0.918. The molecule has 4 heteroatoms. The first-order valence-corrected chi connectivity index (χ1v) is 5.79. The van der Waals surface area contributed by atoms with Gasteiger partial charge < -0.3 is 5.11 Å². The third kappa shape index (κ3) is 2.38. The van der Waals surface area contributed by atoms with Gasteiger partial charge in [-0.05, 0) is 46.4 Å². The molecule has 2 rings (SSSR count). The lowest BCUT2D eigenvalue weighted by molar-refractivity contribution is 0.214. The summed E-state index contributed by atoms with van der Waals surface area (Å²) in [7, 11) is 0. The lowest BCUT2D eigenvalue weighted by atomic mass is 10.0. The Bertz CT molecular complexity index is 487. The second kappa shape index (κ2) is 4.88. The number of nitrogens with zero attached hydrogens (tertiary/aromatic N) is 1. The molecule has 0 saturated heterocycles. The van der Waals surface area contributed by atoms with Crippen molar-refractivity contribution < 1.29 is 9.50 Å². The molecule has 1 atom stereocenters. The van der Waals surface area contributed by atoms with Crippen LogP contribution in [0.2, 0.25) is 0 Å². The van der Waals surface area contributed by atoms with Crippen LogP contribution in [0, 0.1) is 9.39 Å². The Hall–Kier alpha value is -1.01. The Labute approximate surface area is 106 Å². The van der Waals surface area contributed by atoms with Gasteiger partial charge in [-0.25, -0.2) is 4.39 Å². The van der Waals surface area contributed by atoms with E-state index in [9.17, 15) is 9.50 Å². The second-order valence-electron chi connectivity index (χ2n) is 3.35. The lowest BCUT2D eigenvalue weighted by Crippen LogP contribution is -2.02. The van der Waals surface area contributed by atoms with E-state index >= 15 is 0 Å². The zero-order valence-corrected chi connectivity index (χ0v) is 10.4. The molecule has 0 spiro atoms. The van der Waals surface area contributed by atoms with Crippen molar-refractivity contribution in [3.63, 3.8) is 0 Å². The average Bonchev–Trinajstić information content (AvgIpc) is 2.30. The molecule has 0 bridgehead atoms. The third-order valence-electron chi connectivity index (χ3n) is 2.28. The van der Waals surface area contributed by atoms with Crippen molar-refractivity contribution in [1.29, 1.82) is 0 Å². The summed E-state index contributed by atoms with van der Waals surface area (Å²) < 4.78 is 14.5. The van der Waals surface area contributed by atoms with Crippen LogP contribution in [0.15, 0.2) is 42.7 Å². The number of rotatable bonds is 2. The minimum Gasteiger partial charge on any atom is -0.384 e. The number of hydrogen-bond donors (Lipinski definition) is 1. The Morgan fingerprint density at radius 3 is 2.50 bits per heavy atom. The number of hydrogen-bond acceptors (Lipinski definition) is 2. The van der Waals surface area contributed by atoms with Gasteiger partial charge in [0.05, 0.1) is 6.20 Å². The highest BCUT2D eigenvalue weighted by molar-refractivity contribution is 14.1. The highest BCUT2D eigenvalue weighted by atomic mass is 127. The fraction of sp³-hybridized carbons (Fsp3) is 0.0833. The largest absolute Gasteiger partial charge is 0.384 e. The molecule has 1 aromatic carbocycles. The van der Waals surface area contributed by atoms with Crippen molar-refractivity contribution in [3.8, 4) is 0 Å². The monoisotopic (exact) mass is 329 g/mol. The normalized spacial score (nSPS) is 12.4. The molecule has 2 nitrogen and oxygen atoms in total. The molecular weight excluding hydrogens is 320 g/mol. The number of aromatic nitrogens is 1. The van der Waals surface area contributed by atoms with Crippen LogP contribution in [0.5, 0.6) is 0 Å². The van der Waals surface area contributed by atoms with Gasteiger partial charge in [0.1, 0.15) is 11.9 Å². The fourth-order valence-electron chi connectivity index (χ4n) is 1.43. The van der Waals surface area contributed by atoms with Crippen molar-refractivity contribution in [1.82, 2.24) is 4.98 Å². The van der Waals surface area contributed by atoms with Crippen LogP contribution in [-0.4, -0.2) is 10.1 Å². The first-order chi connectivity index (χ1) is 7.68. The van der Waals surface area contributed by atoms with Crippen LogP contribution in [-0.2, 0) is 0 Å². The summed E-state index contributed by atoms with van der Waals surface area (Å²) in [5.74, 6) is -0.492. The summed E-state index contributed by atoms with van der Waals surface area (Å²) in [5, 5.41) is 9.99. The van der Waals surface area contributed by atoms with Crippen molar-refractivity contribution in [2.75, 3.05) is 0 Å². The molecule has 0 aliphatic rings. The van der Waals surface area contributed by atoms with Crippen molar-refractivity contribution in [2.45, 2.75) is 6.10 Å². The third-order valence-corrected chi connectivity index (χ3v) is 3.00. The van der Waals surface area contributed by atoms with Gasteiger partial charge in [0.2, 0.25) is 0 Å². The summed E-state index contributed by atoms with van der Waals surface area (Å²) in [6.45, 7) is 0. The topological polar surface area (TPSA) is 33.1 Å². The van der Waals surface area contributed by atoms with E-state index in [4.69, 9.17) is 0 Å². The Kier molecular flexibility index (Phi) is 3.50. The summed E-state index contributed by atoms with van der Waals surface area (Å²) >= 11 is 2.18. The molecule has 1 heterocycles. The van der Waals surface area contributed by atoms with Gasteiger partial charge in [0, 0.05) is 15.3 Å². The van der Waals surface area contributed by atoms with Crippen molar-refractivity contribution in [3.05, 3.63) is 63.2 Å². The molecule has 1 unspecified atom stereocenters. The minimum absolute atomic E-state index is 0.246. The van der Waals surface area contributed by atoms with Crippen LogP contribution in [0.4, 0.5) is 4.39 Å². The maximum Gasteiger partial charge on any atom is 0.147 e. The Balaban J connectivity index is 2.35. The molecule has 0 aliphatic carbocycles. The van der Waals surface area contributed by atoms with E-state index in [1.165, 1.54) is 12.3 Å². The molecule has 0 fully saturated rings. The average molecular weight is 329 g/mol. The maximum atomic E-state index is 13.4. The zero-order valence-electron chi connectivity index (χ0n) is 8.27. The van der Waals surface area contributed by atoms with Crippen LogP contribution < -0.4 is 0 Å². The highest BCUT2D eigenvalue weighted by Gasteiger charge is 2.14. The standard InChI is InChI=1S/C12H9FINO/c13-11-7-15-6-5-10(11)12(16)8-1-3-9(14)4-2-8/h1-7,12,16H. The van der Waals surface area contributed by atoms with E-state index < -0.39 is 11.9 Å². The van der Waals surface area contributed by atoms with Crippen molar-refractivity contribution in [2.24, 2.45) is 0 Å². The van der Waals surface area contributed by atoms with Gasteiger partial charge >= 0.3 is 0 Å². The second-order valence-corrected chi connectivity index (χ2v) is 4.60. The molecule has 1 N–H and O–H groups in total. The SMILES string of the molecule is OC(c1ccc(I)cc1)c1ccncc1F.